The van der Waals surface area contributed by atoms with Gasteiger partial charge in [-0.3, -0.25) is 0 Å². The molecule has 180 valence electrons. The van der Waals surface area contributed by atoms with E-state index in [1.165, 1.54) is 118 Å². The van der Waals surface area contributed by atoms with Crippen molar-refractivity contribution < 1.29 is 9.90 Å². The second kappa shape index (κ2) is 29.6. The Morgan fingerprint density at radius 1 is 0.567 bits per heavy atom. The van der Waals surface area contributed by atoms with E-state index < -0.39 is 24.6 Å². The molecule has 0 saturated carbocycles. The zero-order valence-corrected chi connectivity index (χ0v) is 24.4. The summed E-state index contributed by atoms with van der Waals surface area (Å²) >= 11 is -1.27. The van der Waals surface area contributed by atoms with Gasteiger partial charge in [0, 0.05) is 5.97 Å². The fraction of sp³-hybridized carbons (Fsp3) is 0.962. The Morgan fingerprint density at radius 2 is 0.867 bits per heavy atom. The molecule has 4 heteroatoms. The number of rotatable bonds is 22. The van der Waals surface area contributed by atoms with E-state index >= 15 is 0 Å². The molecule has 2 nitrogen and oxygen atoms in total. The predicted octanol–water partition coefficient (Wildman–Crippen LogP) is 8.81. The fourth-order valence-electron chi connectivity index (χ4n) is 3.50. The first kappa shape index (κ1) is 32.7. The second-order valence-electron chi connectivity index (χ2n) is 8.80. The molecular weight excluding hydrogens is 498 g/mol. The quantitative estimate of drug-likeness (QED) is 0.0996. The van der Waals surface area contributed by atoms with Gasteiger partial charge in [-0.2, -0.15) is 0 Å². The van der Waals surface area contributed by atoms with Crippen LogP contribution in [0.25, 0.3) is 0 Å². The summed E-state index contributed by atoms with van der Waals surface area (Å²) < 4.78 is 2.81. The van der Waals surface area contributed by atoms with Gasteiger partial charge in [-0.25, -0.2) is 0 Å². The Labute approximate surface area is 200 Å². The van der Waals surface area contributed by atoms with Crippen molar-refractivity contribution in [1.29, 1.82) is 0 Å². The molecule has 0 N–H and O–H groups in total. The van der Waals surface area contributed by atoms with Crippen molar-refractivity contribution in [2.75, 3.05) is 0 Å². The Hall–Kier alpha value is 0.559. The normalized spacial score (nSPS) is 10.5. The van der Waals surface area contributed by atoms with Crippen LogP contribution in [-0.2, 0) is 4.79 Å². The summed E-state index contributed by atoms with van der Waals surface area (Å²) in [4.78, 5) is 10.2. The van der Waals surface area contributed by atoms with E-state index in [0.29, 0.717) is 0 Å². The standard InChI is InChI=1S/C18H36O2.2C4H9.ClH.Sn/c1-2-3-4-5-6-7-8-9-10-11-12-13-14-15-16-17-18(19)20;2*1-3-4-2;;/h2-17H2,1H3,(H,19,20);2*1,3-4H2,2H3;1H;/q;;;;+2/p-2. The van der Waals surface area contributed by atoms with Gasteiger partial charge < -0.3 is 9.90 Å². The van der Waals surface area contributed by atoms with Crippen LogP contribution >= 0.6 is 8.92 Å². The van der Waals surface area contributed by atoms with Gasteiger partial charge in [0.25, 0.3) is 0 Å². The SMILES string of the molecule is CCCCCCCCCCCCCCCCCC(=O)[O-].CCC[CH2][Sn+]([Cl])[CH2]CCC. The first-order valence-electron chi connectivity index (χ1n) is 13.3. The average Bonchev–Trinajstić information content (AvgIpc) is 2.73. The van der Waals surface area contributed by atoms with Crippen LogP contribution in [0.4, 0.5) is 0 Å². The van der Waals surface area contributed by atoms with Gasteiger partial charge in [-0.15, -0.1) is 0 Å². The summed E-state index contributed by atoms with van der Waals surface area (Å²) in [5.74, 6) is -0.903. The first-order valence-corrected chi connectivity index (χ1v) is 20.9. The van der Waals surface area contributed by atoms with Crippen LogP contribution in [0, 0.1) is 0 Å². The predicted molar refractivity (Wildman–Crippen MR) is 136 cm³/mol. The molecule has 0 aromatic rings. The van der Waals surface area contributed by atoms with Crippen molar-refractivity contribution in [3.63, 3.8) is 0 Å². The van der Waals surface area contributed by atoms with Crippen LogP contribution in [0.1, 0.15) is 149 Å². The second-order valence-corrected chi connectivity index (χ2v) is 18.2. The van der Waals surface area contributed by atoms with Gasteiger partial charge in [0.05, 0.1) is 0 Å². The van der Waals surface area contributed by atoms with Crippen molar-refractivity contribution in [3.8, 4) is 0 Å². The number of carbonyl (C=O) groups excluding carboxylic acids is 1. The third kappa shape index (κ3) is 33.2. The molecule has 0 radical (unpaired) electrons. The zero-order valence-electron chi connectivity index (χ0n) is 20.8. The fourth-order valence-corrected chi connectivity index (χ4v) is 10.2. The van der Waals surface area contributed by atoms with E-state index in [-0.39, 0.29) is 6.42 Å². The Balaban J connectivity index is 0. The number of halogens is 1. The van der Waals surface area contributed by atoms with Crippen LogP contribution in [0.5, 0.6) is 0 Å². The molecular formula is C26H53ClO2Sn. The van der Waals surface area contributed by atoms with Crippen LogP contribution in [0.3, 0.4) is 0 Å². The van der Waals surface area contributed by atoms with E-state index in [9.17, 15) is 9.90 Å². The maximum absolute atomic E-state index is 10.2. The summed E-state index contributed by atoms with van der Waals surface area (Å²) in [6.07, 6.45) is 25.3. The Bertz CT molecular complexity index is 318. The van der Waals surface area contributed by atoms with Crippen LogP contribution < -0.4 is 5.11 Å². The van der Waals surface area contributed by atoms with E-state index in [0.717, 1.165) is 12.8 Å². The number of carbonyl (C=O) groups is 1. The Kier molecular flexibility index (Phi) is 32.3. The third-order valence-electron chi connectivity index (χ3n) is 5.59. The van der Waals surface area contributed by atoms with Crippen molar-refractivity contribution in [2.24, 2.45) is 0 Å². The molecule has 0 unspecified atom stereocenters. The minimum absolute atomic E-state index is 0.234. The molecule has 0 rings (SSSR count). The maximum atomic E-state index is 10.2. The van der Waals surface area contributed by atoms with E-state index in [2.05, 4.69) is 20.8 Å². The van der Waals surface area contributed by atoms with Gasteiger partial charge in [0.1, 0.15) is 0 Å². The molecule has 0 bridgehead atoms. The van der Waals surface area contributed by atoms with Crippen LogP contribution in [0.15, 0.2) is 0 Å². The molecule has 0 saturated heterocycles. The van der Waals surface area contributed by atoms with Crippen molar-refractivity contribution in [2.45, 2.75) is 158 Å². The van der Waals surface area contributed by atoms with Gasteiger partial charge >= 0.3 is 76.0 Å². The number of carboxylic acids is 1. The average molecular weight is 552 g/mol. The van der Waals surface area contributed by atoms with E-state index in [1.54, 1.807) is 0 Å². The van der Waals surface area contributed by atoms with Gasteiger partial charge in [0.2, 0.25) is 0 Å². The molecule has 0 atom stereocenters. The monoisotopic (exact) mass is 552 g/mol. The van der Waals surface area contributed by atoms with Crippen molar-refractivity contribution in [1.82, 2.24) is 0 Å². The molecule has 30 heavy (non-hydrogen) atoms. The van der Waals surface area contributed by atoms with Gasteiger partial charge in [0.15, 0.2) is 0 Å². The Morgan fingerprint density at radius 3 is 1.17 bits per heavy atom. The number of aliphatic carboxylic acids is 1. The van der Waals surface area contributed by atoms with Crippen molar-refractivity contribution in [3.05, 3.63) is 0 Å². The minimum atomic E-state index is -1.27. The van der Waals surface area contributed by atoms with Crippen LogP contribution in [-0.4, -0.2) is 24.6 Å². The molecule has 0 spiro atoms. The summed E-state index contributed by atoms with van der Waals surface area (Å²) in [6.45, 7) is 6.75. The number of hydrogen-bond donors (Lipinski definition) is 0. The molecule has 0 aliphatic heterocycles. The van der Waals surface area contributed by atoms with E-state index in [4.69, 9.17) is 8.92 Å². The molecule has 0 aromatic carbocycles. The number of carboxylic acid groups (broad SMARTS) is 1. The summed E-state index contributed by atoms with van der Waals surface area (Å²) in [5, 5.41) is 10.2. The van der Waals surface area contributed by atoms with E-state index in [1.807, 2.05) is 0 Å². The molecule has 0 heterocycles. The number of unbranched alkanes of at least 4 members (excludes halogenated alkanes) is 16. The summed E-state index contributed by atoms with van der Waals surface area (Å²) in [7, 11) is 6.24. The van der Waals surface area contributed by atoms with Gasteiger partial charge in [-0.1, -0.05) is 96.8 Å². The number of hydrogen-bond acceptors (Lipinski definition) is 2. The summed E-state index contributed by atoms with van der Waals surface area (Å²) in [5.41, 5.74) is 0. The van der Waals surface area contributed by atoms with Crippen molar-refractivity contribution >= 4 is 33.5 Å². The topological polar surface area (TPSA) is 40.1 Å². The molecule has 0 aliphatic carbocycles. The zero-order chi connectivity index (χ0) is 22.7. The molecule has 0 fully saturated rings. The summed E-state index contributed by atoms with van der Waals surface area (Å²) in [6, 6.07) is 0. The third-order valence-corrected chi connectivity index (χ3v) is 13.2. The molecule has 0 amide bonds. The van der Waals surface area contributed by atoms with Gasteiger partial charge in [-0.05, 0) is 12.8 Å². The first-order chi connectivity index (χ1) is 14.6. The molecule has 0 aromatic heterocycles. The molecule has 0 aliphatic rings. The van der Waals surface area contributed by atoms with Crippen LogP contribution in [0.2, 0.25) is 8.87 Å².